The third-order valence-electron chi connectivity index (χ3n) is 14.9. The molecule has 23 nitrogen and oxygen atoms in total. The lowest BCUT2D eigenvalue weighted by Crippen LogP contribution is -2.33. The standard InChI is InChI=1S/C14H18O5S.C13H15BrO5S.C13H16O5S.C9H10O2.C7H12O2.C6H10O4.CH4/c1-9-3-5-11(6-4-9)20(15,16)19-12-8-18-13-10(2)7-17-14(12)13;1-8-2-4-9(5-3-8)20(15,16)19-11-7-18-12-10(14)6-17-13(11)12;1-10-4-6-11(7-5-10)19(15,16)18-13(9-14)12-3-2-8-17-12;1-8(10)11-7-9-5-3-2-4-6-9;1-2-6(8)7-4-3-5-9-7;7-3-1-9-6-4(8)2-10-5(3)6;/h3-6,10,12-14H,7-8H2,1-2H3;2-5,10-13H,6-7H2,1H3;2-7,12-14H,8-9H2,1H3;2-6H,7H2,1H3;3-4,6-8H,2,5H2,1H3;3-8H,1-2H2;1H4/t10-,12+,13-,14-;10-,11-,12+,13+;12-,13-;;6-,7+;3-,4+,5-,6-;/m100.11./s1. The molecule has 4 N–H and O–H groups in total. The number of esters is 1. The van der Waals surface area contributed by atoms with Gasteiger partial charge < -0.3 is 63.1 Å². The number of benzene rings is 4. The molecule has 500 valence electrons. The van der Waals surface area contributed by atoms with Gasteiger partial charge in [-0.05, 0) is 69.2 Å². The minimum atomic E-state index is -3.90. The third kappa shape index (κ3) is 21.3. The van der Waals surface area contributed by atoms with E-state index in [1.807, 2.05) is 77.1 Å². The molecule has 27 heteroatoms. The maximum Gasteiger partial charge on any atom is 0.302 e. The number of hydrogen-bond donors (Lipinski definition) is 4. The van der Waals surface area contributed by atoms with Crippen LogP contribution < -0.4 is 0 Å². The highest BCUT2D eigenvalue weighted by atomic mass is 79.9. The van der Waals surface area contributed by atoms with Crippen molar-refractivity contribution in [3.8, 4) is 0 Å². The smallest absolute Gasteiger partial charge is 0.302 e. The maximum atomic E-state index is 12.2. The van der Waals surface area contributed by atoms with Crippen LogP contribution in [0.4, 0.5) is 0 Å². The summed E-state index contributed by atoms with van der Waals surface area (Å²) >= 11 is 3.45. The summed E-state index contributed by atoms with van der Waals surface area (Å²) in [6, 6.07) is 29.1. The number of carbonyl (C=O) groups is 1. The number of carbonyl (C=O) groups excluding carboxylic acids is 1. The molecular weight excluding hydrogens is 1300 g/mol. The van der Waals surface area contributed by atoms with Crippen molar-refractivity contribution >= 4 is 52.3 Å². The van der Waals surface area contributed by atoms with Gasteiger partial charge in [-0.15, -0.1) is 0 Å². The molecule has 0 bridgehead atoms. The van der Waals surface area contributed by atoms with Crippen molar-refractivity contribution in [2.45, 2.75) is 167 Å². The highest BCUT2D eigenvalue weighted by Gasteiger charge is 2.50. The first-order valence-electron chi connectivity index (χ1n) is 29.1. The first-order chi connectivity index (χ1) is 42.4. The van der Waals surface area contributed by atoms with E-state index < -0.39 is 73.6 Å². The Morgan fingerprint density at radius 3 is 1.43 bits per heavy atom. The number of halogens is 1. The van der Waals surface area contributed by atoms with Crippen molar-refractivity contribution in [1.82, 2.24) is 0 Å². The highest BCUT2D eigenvalue weighted by molar-refractivity contribution is 9.09. The second-order valence-electron chi connectivity index (χ2n) is 22.0. The van der Waals surface area contributed by atoms with Gasteiger partial charge in [-0.1, -0.05) is 145 Å². The Hall–Kier alpha value is -4.44. The van der Waals surface area contributed by atoms with Gasteiger partial charge in [0.05, 0.1) is 91.2 Å². The van der Waals surface area contributed by atoms with Gasteiger partial charge in [0, 0.05) is 12.8 Å². The lowest BCUT2D eigenvalue weighted by atomic mass is 10.0. The van der Waals surface area contributed by atoms with E-state index in [1.54, 1.807) is 72.8 Å². The van der Waals surface area contributed by atoms with Crippen LogP contribution in [0.25, 0.3) is 0 Å². The molecule has 12 rings (SSSR count). The van der Waals surface area contributed by atoms with Crippen molar-refractivity contribution in [3.05, 3.63) is 150 Å². The average molecular weight is 1390 g/mol. The lowest BCUT2D eigenvalue weighted by molar-refractivity contribution is -0.142. The summed E-state index contributed by atoms with van der Waals surface area (Å²) < 4.78 is 136. The second kappa shape index (κ2) is 35.2. The molecule has 0 saturated carbocycles. The van der Waals surface area contributed by atoms with Crippen molar-refractivity contribution in [2.24, 2.45) is 5.92 Å². The molecule has 0 amide bonds. The summed E-state index contributed by atoms with van der Waals surface area (Å²) in [5.74, 6) is 0.0320. The van der Waals surface area contributed by atoms with Crippen LogP contribution in [0.5, 0.6) is 0 Å². The van der Waals surface area contributed by atoms with Crippen LogP contribution in [0.3, 0.4) is 0 Å². The fourth-order valence-electron chi connectivity index (χ4n) is 9.94. The zero-order chi connectivity index (χ0) is 64.5. The molecule has 0 spiro atoms. The Bertz CT molecular complexity index is 3110. The van der Waals surface area contributed by atoms with Gasteiger partial charge in [-0.25, -0.2) is 0 Å². The topological polar surface area (TPSA) is 311 Å². The molecule has 6 fully saturated rings. The van der Waals surface area contributed by atoms with E-state index in [-0.39, 0.29) is 114 Å². The molecule has 6 saturated heterocycles. The number of hydrogen-bond acceptors (Lipinski definition) is 23. The molecule has 0 aromatic heterocycles. The number of rotatable bonds is 15. The lowest BCUT2D eigenvalue weighted by Gasteiger charge is -2.20. The Balaban J connectivity index is 0.000000176. The number of aliphatic hydroxyl groups is 4. The van der Waals surface area contributed by atoms with E-state index in [9.17, 15) is 40.3 Å². The molecular formula is C63H85BrO23S3. The van der Waals surface area contributed by atoms with Crippen molar-refractivity contribution in [2.75, 3.05) is 59.5 Å². The van der Waals surface area contributed by atoms with E-state index in [0.717, 1.165) is 28.7 Å². The molecule has 8 aliphatic rings. The number of ether oxygens (including phenoxy) is 9. The number of aryl methyl sites for hydroxylation is 3. The number of alkyl halides is 1. The summed E-state index contributed by atoms with van der Waals surface area (Å²) in [6.45, 7) is 14.2. The van der Waals surface area contributed by atoms with Gasteiger partial charge in [-0.3, -0.25) is 17.3 Å². The van der Waals surface area contributed by atoms with Crippen LogP contribution in [0, 0.1) is 26.7 Å². The molecule has 8 heterocycles. The van der Waals surface area contributed by atoms with Gasteiger partial charge in [-0.2, -0.15) is 25.3 Å². The summed E-state index contributed by atoms with van der Waals surface area (Å²) in [5, 5.41) is 36.7. The van der Waals surface area contributed by atoms with E-state index in [4.69, 9.17) is 65.4 Å². The number of aliphatic hydroxyl groups excluding tert-OH is 4. The SMILES string of the molecule is C.CC(=O)OCc1ccccc1.CC[C@@H](O)[C@@H]1C=CCO1.Cc1ccc(S(=O)(=O)O[C@@H](CO)[C@@H]2C=CCO2)cc1.Cc1ccc(S(=O)(=O)O[C@H]2CO[C@H]3[C@@H]2OC[C@@H]3Br)cc1.Cc1ccc(S(=O)(=O)O[C@H]2CO[C@H]3[C@@H]2OC[C@H]3C)cc1.O[C@@H]1CO[C@H]2[C@@H]1OC[C@@H]2O. The van der Waals surface area contributed by atoms with Gasteiger partial charge in [0.25, 0.3) is 30.4 Å². The largest absolute Gasteiger partial charge is 0.461 e. The van der Waals surface area contributed by atoms with Crippen molar-refractivity contribution in [1.29, 1.82) is 0 Å². The predicted molar refractivity (Wildman–Crippen MR) is 332 cm³/mol. The van der Waals surface area contributed by atoms with Crippen molar-refractivity contribution in [3.63, 3.8) is 0 Å². The maximum absolute atomic E-state index is 12.2. The van der Waals surface area contributed by atoms with Crippen molar-refractivity contribution < 1.29 is 106 Å². The summed E-state index contributed by atoms with van der Waals surface area (Å²) in [7, 11) is -11.5. The van der Waals surface area contributed by atoms with Crippen LogP contribution in [0.1, 0.15) is 56.9 Å². The van der Waals surface area contributed by atoms with E-state index >= 15 is 0 Å². The van der Waals surface area contributed by atoms with Crippen LogP contribution in [0.15, 0.2) is 142 Å². The molecule has 0 radical (unpaired) electrons. The zero-order valence-corrected chi connectivity index (χ0v) is 54.3. The van der Waals surface area contributed by atoms with Crippen LogP contribution in [-0.2, 0) is 96.9 Å². The Morgan fingerprint density at radius 1 is 0.567 bits per heavy atom. The van der Waals surface area contributed by atoms with Crippen LogP contribution in [0.2, 0.25) is 0 Å². The van der Waals surface area contributed by atoms with Crippen LogP contribution in [-0.4, -0.2) is 201 Å². The molecule has 90 heavy (non-hydrogen) atoms. The molecule has 8 aliphatic heterocycles. The Labute approximate surface area is 537 Å². The van der Waals surface area contributed by atoms with Gasteiger partial charge in [0.2, 0.25) is 0 Å². The molecule has 16 atom stereocenters. The Kier molecular flexibility index (Phi) is 29.2. The number of fused-ring (bicyclic) bond motifs is 3. The molecule has 4 aromatic carbocycles. The van der Waals surface area contributed by atoms with Crippen LogP contribution >= 0.6 is 15.9 Å². The van der Waals surface area contributed by atoms with E-state index in [1.165, 1.54) is 19.1 Å². The van der Waals surface area contributed by atoms with E-state index in [2.05, 4.69) is 15.9 Å². The monoisotopic (exact) mass is 1380 g/mol. The Morgan fingerprint density at radius 2 is 0.989 bits per heavy atom. The first kappa shape index (κ1) is 74.6. The molecule has 0 aliphatic carbocycles. The van der Waals surface area contributed by atoms with Gasteiger partial charge in [0.1, 0.15) is 79.9 Å². The second-order valence-corrected chi connectivity index (χ2v) is 27.9. The summed E-state index contributed by atoms with van der Waals surface area (Å²) in [4.78, 5) is 10.9. The normalized spacial score (nSPS) is 29.1. The third-order valence-corrected chi connectivity index (χ3v) is 19.8. The first-order valence-corrected chi connectivity index (χ1v) is 34.3. The summed E-state index contributed by atoms with van der Waals surface area (Å²) in [6.07, 6.45) is 2.55. The van der Waals surface area contributed by atoms with E-state index in [0.29, 0.717) is 33.0 Å². The molecule has 0 unspecified atom stereocenters. The fourth-order valence-corrected chi connectivity index (χ4v) is 13.8. The zero-order valence-electron chi connectivity index (χ0n) is 50.3. The minimum absolute atomic E-state index is 0. The molecule has 4 aromatic rings. The average Bonchev–Trinajstić information content (AvgIpc) is 2.79. The predicted octanol–water partition coefficient (Wildman–Crippen LogP) is 5.75. The summed E-state index contributed by atoms with van der Waals surface area (Å²) in [5.41, 5.74) is 3.97. The quantitative estimate of drug-likeness (QED) is 0.0476. The van der Waals surface area contributed by atoms with Gasteiger partial charge in [0.15, 0.2) is 0 Å². The fraction of sp³-hybridized carbons (Fsp3) is 0.540. The highest BCUT2D eigenvalue weighted by Crippen LogP contribution is 2.36. The minimum Gasteiger partial charge on any atom is -0.461 e. The van der Waals surface area contributed by atoms with Gasteiger partial charge >= 0.3 is 5.97 Å².